The van der Waals surface area contributed by atoms with Crippen molar-refractivity contribution in [3.05, 3.63) is 93.5 Å². The smallest absolute Gasteiger partial charge is 0.266 e. The Bertz CT molecular complexity index is 1540. The number of sulfonamides is 1. The lowest BCUT2D eigenvalue weighted by atomic mass is 10.0. The number of carbonyl (C=O) groups excluding carboxylic acids is 2. The maximum absolute atomic E-state index is 14.2. The predicted octanol–water partition coefficient (Wildman–Crippen LogP) is 4.78. The summed E-state index contributed by atoms with van der Waals surface area (Å²) in [6.45, 7) is 1.87. The highest BCUT2D eigenvalue weighted by atomic mass is 35.5. The number of methoxy groups -OCH3 is 1. The second-order valence-electron chi connectivity index (χ2n) is 9.26. The zero-order chi connectivity index (χ0) is 30.2. The van der Waals surface area contributed by atoms with Crippen molar-refractivity contribution in [3.63, 3.8) is 0 Å². The van der Waals surface area contributed by atoms with Gasteiger partial charge >= 0.3 is 0 Å². The number of ether oxygens (including phenoxy) is 1. The van der Waals surface area contributed by atoms with Gasteiger partial charge in [0.15, 0.2) is 0 Å². The molecule has 1 atom stereocenters. The van der Waals surface area contributed by atoms with Crippen LogP contribution >= 0.6 is 23.2 Å². The average Bonchev–Trinajstić information content (AvgIpc) is 2.97. The minimum absolute atomic E-state index is 0.0584. The molecule has 1 unspecified atom stereocenters. The quantitative estimate of drug-likeness (QED) is 0.301. The molecular formula is C29H30Cl2N4O5S. The van der Waals surface area contributed by atoms with Gasteiger partial charge in [-0.15, -0.1) is 0 Å². The van der Waals surface area contributed by atoms with Crippen LogP contribution < -0.4 is 14.8 Å². The minimum atomic E-state index is -4.68. The van der Waals surface area contributed by atoms with Crippen molar-refractivity contribution in [1.29, 1.82) is 5.26 Å². The fraction of sp³-hybridized carbons (Fsp3) is 0.276. The normalized spacial score (nSPS) is 12.5. The van der Waals surface area contributed by atoms with Crippen LogP contribution in [0.3, 0.4) is 0 Å². The molecular weight excluding hydrogens is 587 g/mol. The molecule has 0 spiro atoms. The number of aryl methyl sites for hydroxylation is 1. The third-order valence-electron chi connectivity index (χ3n) is 6.47. The van der Waals surface area contributed by atoms with Gasteiger partial charge in [0.2, 0.25) is 10.8 Å². The summed E-state index contributed by atoms with van der Waals surface area (Å²) in [6.07, 6.45) is -0.208. The first-order valence-electron chi connectivity index (χ1n) is 12.6. The van der Waals surface area contributed by atoms with Crippen LogP contribution in [0.25, 0.3) is 0 Å². The van der Waals surface area contributed by atoms with E-state index in [1.165, 1.54) is 42.3 Å². The lowest BCUT2D eigenvalue weighted by Gasteiger charge is -2.36. The van der Waals surface area contributed by atoms with Crippen LogP contribution in [-0.2, 0) is 32.5 Å². The first-order chi connectivity index (χ1) is 19.4. The van der Waals surface area contributed by atoms with Gasteiger partial charge in [-0.2, -0.15) is 5.26 Å². The Hall–Kier alpha value is -3.78. The van der Waals surface area contributed by atoms with E-state index in [-0.39, 0.29) is 28.7 Å². The van der Waals surface area contributed by atoms with E-state index in [4.69, 9.17) is 27.9 Å². The summed E-state index contributed by atoms with van der Waals surface area (Å²) in [4.78, 5) is 26.1. The minimum Gasteiger partial charge on any atom is -0.497 e. The van der Waals surface area contributed by atoms with Crippen LogP contribution in [0.4, 0.5) is 5.69 Å². The number of amides is 2. The van der Waals surface area contributed by atoms with E-state index in [9.17, 15) is 23.3 Å². The maximum Gasteiger partial charge on any atom is 0.266 e. The molecule has 216 valence electrons. The molecule has 2 N–H and O–H groups in total. The molecule has 0 fully saturated rings. The van der Waals surface area contributed by atoms with E-state index in [0.717, 1.165) is 5.56 Å². The SMILES string of the molecule is CCN(C)C(=O)C(Cc1ccc(C#N)cc1)(NC(=O)CCc1ccc(OC)cc1)S(=O)(=O)Nc1ccc(Cl)c(Cl)c1. The van der Waals surface area contributed by atoms with Crippen molar-refractivity contribution in [2.75, 3.05) is 25.4 Å². The summed E-state index contributed by atoms with van der Waals surface area (Å²) in [5, 5.41) is 12.1. The Morgan fingerprint density at radius 1 is 1.00 bits per heavy atom. The maximum atomic E-state index is 14.2. The standard InChI is InChI=1S/C29H30Cl2N4O5S/c1-4-35(2)28(37)29(18-21-5-7-22(19-32)8-6-21,41(38,39)34-23-12-15-25(30)26(31)17-23)33-27(36)16-11-20-9-13-24(40-3)14-10-20/h5-10,12-15,17,34H,4,11,16,18H2,1-3H3,(H,33,36). The van der Waals surface area contributed by atoms with Crippen molar-refractivity contribution in [2.45, 2.75) is 31.1 Å². The van der Waals surface area contributed by atoms with Gasteiger partial charge in [0, 0.05) is 26.4 Å². The van der Waals surface area contributed by atoms with E-state index in [1.54, 1.807) is 50.4 Å². The van der Waals surface area contributed by atoms with Gasteiger partial charge in [-0.05, 0) is 66.9 Å². The lowest BCUT2D eigenvalue weighted by molar-refractivity contribution is -0.137. The van der Waals surface area contributed by atoms with E-state index >= 15 is 0 Å². The molecule has 3 rings (SSSR count). The summed E-state index contributed by atoms with van der Waals surface area (Å²) in [5.41, 5.74) is 1.66. The first-order valence-corrected chi connectivity index (χ1v) is 14.8. The first kappa shape index (κ1) is 31.7. The van der Waals surface area contributed by atoms with Gasteiger partial charge in [0.25, 0.3) is 15.9 Å². The monoisotopic (exact) mass is 616 g/mol. The predicted molar refractivity (Wildman–Crippen MR) is 159 cm³/mol. The lowest BCUT2D eigenvalue weighted by Crippen LogP contribution is -2.66. The number of nitriles is 1. The van der Waals surface area contributed by atoms with Crippen LogP contribution in [0, 0.1) is 11.3 Å². The van der Waals surface area contributed by atoms with E-state index in [2.05, 4.69) is 10.0 Å². The number of hydrogen-bond donors (Lipinski definition) is 2. The Morgan fingerprint density at radius 3 is 2.20 bits per heavy atom. The molecule has 0 saturated heterocycles. The Balaban J connectivity index is 2.06. The molecule has 9 nitrogen and oxygen atoms in total. The summed E-state index contributed by atoms with van der Waals surface area (Å²) in [6, 6.07) is 19.4. The molecule has 3 aromatic rings. The number of nitrogens with one attached hydrogen (secondary N) is 2. The van der Waals surface area contributed by atoms with Gasteiger partial charge < -0.3 is 15.0 Å². The number of benzene rings is 3. The van der Waals surface area contributed by atoms with Crippen molar-refractivity contribution in [3.8, 4) is 11.8 Å². The van der Waals surface area contributed by atoms with Crippen LogP contribution in [0.2, 0.25) is 10.0 Å². The third kappa shape index (κ3) is 7.70. The highest BCUT2D eigenvalue weighted by molar-refractivity contribution is 7.94. The second-order valence-corrected chi connectivity index (χ2v) is 12.0. The highest BCUT2D eigenvalue weighted by Gasteiger charge is 2.53. The van der Waals surface area contributed by atoms with Crippen LogP contribution in [0.5, 0.6) is 5.75 Å². The largest absolute Gasteiger partial charge is 0.497 e. The number of carbonyl (C=O) groups is 2. The molecule has 0 radical (unpaired) electrons. The summed E-state index contributed by atoms with van der Waals surface area (Å²) < 4.78 is 35.9. The van der Waals surface area contributed by atoms with Crippen LogP contribution in [0.1, 0.15) is 30.0 Å². The molecule has 0 bridgehead atoms. The Morgan fingerprint density at radius 2 is 1.63 bits per heavy atom. The van der Waals surface area contributed by atoms with E-state index < -0.39 is 33.1 Å². The molecule has 0 aliphatic heterocycles. The zero-order valence-corrected chi connectivity index (χ0v) is 25.1. The average molecular weight is 618 g/mol. The van der Waals surface area contributed by atoms with Gasteiger partial charge in [0.1, 0.15) is 5.75 Å². The van der Waals surface area contributed by atoms with Gasteiger partial charge in [-0.1, -0.05) is 47.5 Å². The summed E-state index contributed by atoms with van der Waals surface area (Å²) >= 11 is 12.1. The molecule has 0 aliphatic carbocycles. The topological polar surface area (TPSA) is 129 Å². The fourth-order valence-electron chi connectivity index (χ4n) is 4.03. The highest BCUT2D eigenvalue weighted by Crippen LogP contribution is 2.30. The number of likely N-dealkylation sites (N-methyl/N-ethyl adjacent to an activating group) is 1. The Labute approximate surface area is 250 Å². The number of rotatable bonds is 12. The molecule has 0 aromatic heterocycles. The number of halogens is 2. The van der Waals surface area contributed by atoms with Crippen molar-refractivity contribution >= 4 is 50.7 Å². The molecule has 0 aliphatic rings. The molecule has 12 heteroatoms. The van der Waals surface area contributed by atoms with Gasteiger partial charge in [-0.25, -0.2) is 8.42 Å². The van der Waals surface area contributed by atoms with Crippen LogP contribution in [-0.4, -0.2) is 50.7 Å². The molecule has 3 aromatic carbocycles. The van der Waals surface area contributed by atoms with Crippen molar-refractivity contribution in [1.82, 2.24) is 10.2 Å². The van der Waals surface area contributed by atoms with Crippen molar-refractivity contribution < 1.29 is 22.7 Å². The number of anilines is 1. The summed E-state index contributed by atoms with van der Waals surface area (Å²) in [5.74, 6) is -0.825. The molecule has 41 heavy (non-hydrogen) atoms. The van der Waals surface area contributed by atoms with Gasteiger partial charge in [0.05, 0.1) is 34.5 Å². The third-order valence-corrected chi connectivity index (χ3v) is 9.06. The number of hydrogen-bond acceptors (Lipinski definition) is 6. The summed E-state index contributed by atoms with van der Waals surface area (Å²) in [7, 11) is -1.68. The molecule has 0 saturated carbocycles. The van der Waals surface area contributed by atoms with Crippen molar-refractivity contribution in [2.24, 2.45) is 0 Å². The van der Waals surface area contributed by atoms with E-state index in [0.29, 0.717) is 23.3 Å². The second kappa shape index (κ2) is 13.7. The molecule has 0 heterocycles. The van der Waals surface area contributed by atoms with E-state index in [1.807, 2.05) is 6.07 Å². The van der Waals surface area contributed by atoms with Crippen LogP contribution in [0.15, 0.2) is 66.7 Å². The molecule has 2 amide bonds. The number of nitrogens with zero attached hydrogens (tertiary/aromatic N) is 2. The Kier molecular flexibility index (Phi) is 10.6. The van der Waals surface area contributed by atoms with Gasteiger partial charge in [-0.3, -0.25) is 14.3 Å². The fourth-order valence-corrected chi connectivity index (χ4v) is 5.93. The zero-order valence-electron chi connectivity index (χ0n) is 22.8.